The predicted octanol–water partition coefficient (Wildman–Crippen LogP) is -0.198. The van der Waals surface area contributed by atoms with Crippen molar-refractivity contribution in [1.82, 2.24) is 4.90 Å². The van der Waals surface area contributed by atoms with Gasteiger partial charge < -0.3 is 15.2 Å². The van der Waals surface area contributed by atoms with Gasteiger partial charge in [0, 0.05) is 25.9 Å². The van der Waals surface area contributed by atoms with E-state index >= 15 is 0 Å². The lowest BCUT2D eigenvalue weighted by Crippen LogP contribution is -2.32. The van der Waals surface area contributed by atoms with E-state index in [0.29, 0.717) is 13.0 Å². The van der Waals surface area contributed by atoms with Gasteiger partial charge in [-0.1, -0.05) is 0 Å². The van der Waals surface area contributed by atoms with Gasteiger partial charge in [0.1, 0.15) is 0 Å². The lowest BCUT2D eigenvalue weighted by atomic mass is 10.2. The molecule has 0 saturated carbocycles. The molecule has 1 amide bonds. The molecule has 0 atom stereocenters. The third kappa shape index (κ3) is 3.49. The molecular formula is C11H15N3O4. The summed E-state index contributed by atoms with van der Waals surface area (Å²) >= 11 is 0. The first kappa shape index (κ1) is 14.1. The van der Waals surface area contributed by atoms with Crippen LogP contribution in [0.4, 0.5) is 0 Å². The van der Waals surface area contributed by atoms with Crippen LogP contribution in [0.2, 0.25) is 0 Å². The van der Waals surface area contributed by atoms with E-state index in [0.717, 1.165) is 6.42 Å². The van der Waals surface area contributed by atoms with Crippen LogP contribution in [-0.2, 0) is 19.1 Å². The lowest BCUT2D eigenvalue weighted by molar-refractivity contribution is -0.141. The van der Waals surface area contributed by atoms with E-state index in [2.05, 4.69) is 9.53 Å². The van der Waals surface area contributed by atoms with E-state index in [1.807, 2.05) is 0 Å². The van der Waals surface area contributed by atoms with E-state index in [1.165, 1.54) is 0 Å². The maximum atomic E-state index is 11.6. The highest BCUT2D eigenvalue weighted by Gasteiger charge is 2.31. The average Bonchev–Trinajstić information content (AvgIpc) is 2.73. The van der Waals surface area contributed by atoms with E-state index in [-0.39, 0.29) is 25.5 Å². The number of hydrogen-bond donors (Lipinski definition) is 0. The Kier molecular flexibility index (Phi) is 5.20. The van der Waals surface area contributed by atoms with Crippen LogP contribution < -0.4 is 0 Å². The molecular weight excluding hydrogens is 238 g/mol. The summed E-state index contributed by atoms with van der Waals surface area (Å²) in [7, 11) is 0. The molecule has 1 fully saturated rings. The Morgan fingerprint density at radius 3 is 2.72 bits per heavy atom. The van der Waals surface area contributed by atoms with E-state index < -0.39 is 17.5 Å². The molecule has 1 heterocycles. The second-order valence-corrected chi connectivity index (χ2v) is 3.83. The number of rotatable bonds is 6. The summed E-state index contributed by atoms with van der Waals surface area (Å²) in [6.45, 7) is 2.53. The van der Waals surface area contributed by atoms with Crippen LogP contribution in [-0.4, -0.2) is 52.8 Å². The first-order valence-electron chi connectivity index (χ1n) is 5.80. The fourth-order valence-corrected chi connectivity index (χ4v) is 1.71. The van der Waals surface area contributed by atoms with Crippen LogP contribution >= 0.6 is 0 Å². The first-order valence-corrected chi connectivity index (χ1v) is 5.80. The Bertz CT molecular complexity index is 413. The number of carbonyl (C=O) groups excluding carboxylic acids is 3. The summed E-state index contributed by atoms with van der Waals surface area (Å²) in [6.07, 6.45) is 1.23. The summed E-state index contributed by atoms with van der Waals surface area (Å²) in [4.78, 5) is 38.4. The minimum atomic E-state index is -0.947. The molecule has 0 N–H and O–H groups in total. The number of carbonyl (C=O) groups is 3. The zero-order valence-corrected chi connectivity index (χ0v) is 10.2. The minimum absolute atomic E-state index is 0.00132. The van der Waals surface area contributed by atoms with Gasteiger partial charge in [-0.3, -0.25) is 9.59 Å². The van der Waals surface area contributed by atoms with Crippen LogP contribution in [0, 0.1) is 0 Å². The number of hydrogen-bond acceptors (Lipinski definition) is 4. The van der Waals surface area contributed by atoms with Crippen molar-refractivity contribution in [1.29, 1.82) is 0 Å². The predicted molar refractivity (Wildman–Crippen MR) is 60.7 cm³/mol. The summed E-state index contributed by atoms with van der Waals surface area (Å²) in [5.74, 6) is -1.57. The molecule has 18 heavy (non-hydrogen) atoms. The molecule has 1 rings (SSSR count). The van der Waals surface area contributed by atoms with Crippen molar-refractivity contribution >= 4 is 23.4 Å². The molecule has 0 spiro atoms. The summed E-state index contributed by atoms with van der Waals surface area (Å²) in [5.41, 5.74) is 8.00. The number of ether oxygens (including phenoxy) is 1. The number of likely N-dealkylation sites (tertiary alicyclic amines) is 1. The third-order valence-corrected chi connectivity index (χ3v) is 2.61. The third-order valence-electron chi connectivity index (χ3n) is 2.61. The van der Waals surface area contributed by atoms with Gasteiger partial charge in [0.2, 0.25) is 5.91 Å². The Labute approximate surface area is 104 Å². The van der Waals surface area contributed by atoms with E-state index in [4.69, 9.17) is 5.53 Å². The minimum Gasteiger partial charge on any atom is -0.457 e. The van der Waals surface area contributed by atoms with Crippen LogP contribution in [0.1, 0.15) is 26.2 Å². The molecule has 0 aliphatic carbocycles. The maximum Gasteiger partial charge on any atom is 0.441 e. The number of amides is 1. The van der Waals surface area contributed by atoms with E-state index in [1.54, 1.807) is 11.8 Å². The van der Waals surface area contributed by atoms with Gasteiger partial charge >= 0.3 is 11.7 Å². The van der Waals surface area contributed by atoms with Gasteiger partial charge in [-0.05, 0) is 13.3 Å². The van der Waals surface area contributed by atoms with Crippen molar-refractivity contribution in [3.63, 3.8) is 0 Å². The molecule has 1 aliphatic rings. The van der Waals surface area contributed by atoms with Gasteiger partial charge in [-0.25, -0.2) is 4.79 Å². The second-order valence-electron chi connectivity index (χ2n) is 3.83. The van der Waals surface area contributed by atoms with Crippen molar-refractivity contribution in [3.05, 3.63) is 5.53 Å². The van der Waals surface area contributed by atoms with E-state index in [9.17, 15) is 14.4 Å². The fraction of sp³-hybridized carbons (Fsp3) is 0.636. The zero-order chi connectivity index (χ0) is 13.5. The quantitative estimate of drug-likeness (QED) is 0.215. The van der Waals surface area contributed by atoms with Gasteiger partial charge in [-0.2, -0.15) is 4.79 Å². The highest BCUT2D eigenvalue weighted by atomic mass is 16.5. The number of ketones is 1. The van der Waals surface area contributed by atoms with Crippen molar-refractivity contribution < 1.29 is 23.9 Å². The molecule has 1 saturated heterocycles. The topological polar surface area (TPSA) is 100 Å². The molecule has 7 heteroatoms. The number of nitrogens with zero attached hydrogens (tertiary/aromatic N) is 3. The van der Waals surface area contributed by atoms with Crippen molar-refractivity contribution in [2.45, 2.75) is 26.2 Å². The smallest absolute Gasteiger partial charge is 0.441 e. The monoisotopic (exact) mass is 253 g/mol. The molecule has 0 radical (unpaired) electrons. The van der Waals surface area contributed by atoms with Crippen molar-refractivity contribution in [3.8, 4) is 0 Å². The number of Topliss-reactive ketones (excluding diaryl/α,β-unsaturated/α-hetero) is 1. The normalized spacial score (nSPS) is 14.3. The standard InChI is InChI=1S/C11H15N3O4/c1-2-18-11(17)10(13-12)8(15)5-7-14-6-3-4-9(14)16/h2-7H2,1H3. The van der Waals surface area contributed by atoms with Crippen LogP contribution in [0.15, 0.2) is 0 Å². The summed E-state index contributed by atoms with van der Waals surface area (Å²) in [5, 5.41) is 0. The fourth-order valence-electron chi connectivity index (χ4n) is 1.71. The Morgan fingerprint density at radius 1 is 1.50 bits per heavy atom. The molecule has 0 unspecified atom stereocenters. The summed E-state index contributed by atoms with van der Waals surface area (Å²) < 4.78 is 4.58. The molecule has 0 aromatic rings. The SMILES string of the molecule is CCOC(=O)C(=[N+]=[N-])C(=O)CCN1CCCC1=O. The second kappa shape index (κ2) is 6.66. The van der Waals surface area contributed by atoms with Gasteiger partial charge in [-0.15, -0.1) is 0 Å². The Balaban J connectivity index is 2.51. The molecule has 0 bridgehead atoms. The van der Waals surface area contributed by atoms with Crippen LogP contribution in [0.3, 0.4) is 0 Å². The maximum absolute atomic E-state index is 11.6. The molecule has 7 nitrogen and oxygen atoms in total. The van der Waals surface area contributed by atoms with Gasteiger partial charge in [0.15, 0.2) is 0 Å². The molecule has 0 aromatic carbocycles. The Morgan fingerprint density at radius 2 is 2.22 bits per heavy atom. The molecule has 0 aromatic heterocycles. The molecule has 98 valence electrons. The van der Waals surface area contributed by atoms with Crippen molar-refractivity contribution in [2.75, 3.05) is 19.7 Å². The number of esters is 1. The average molecular weight is 253 g/mol. The first-order chi connectivity index (χ1) is 8.60. The Hall–Kier alpha value is -2.01. The highest BCUT2D eigenvalue weighted by molar-refractivity contribution is 6.62. The molecule has 1 aliphatic heterocycles. The van der Waals surface area contributed by atoms with Gasteiger partial charge in [0.05, 0.1) is 6.61 Å². The van der Waals surface area contributed by atoms with Crippen LogP contribution in [0.25, 0.3) is 5.53 Å². The van der Waals surface area contributed by atoms with Crippen molar-refractivity contribution in [2.24, 2.45) is 0 Å². The van der Waals surface area contributed by atoms with Crippen LogP contribution in [0.5, 0.6) is 0 Å². The largest absolute Gasteiger partial charge is 0.457 e. The highest BCUT2D eigenvalue weighted by Crippen LogP contribution is 2.09. The zero-order valence-electron chi connectivity index (χ0n) is 10.2. The lowest BCUT2D eigenvalue weighted by Gasteiger charge is -2.13. The van der Waals surface area contributed by atoms with Gasteiger partial charge in [0.25, 0.3) is 5.78 Å². The summed E-state index contributed by atoms with van der Waals surface area (Å²) in [6, 6.07) is 0.